The number of ether oxygens (including phenoxy) is 1. The standard InChI is InChI=1S/C27H25N3O2/c1-18(2)20-8-12-23(13-9-20)30-26(31)21-10-14-24(15-11-21)32-27-28-16-22(17-29-27)25-7-5-4-6-19(25)3/h4-18H,1-3H3,(H,30,31). The van der Waals surface area contributed by atoms with Crippen molar-refractivity contribution in [3.05, 3.63) is 102 Å². The van der Waals surface area contributed by atoms with Crippen LogP contribution in [0.3, 0.4) is 0 Å². The number of rotatable bonds is 6. The first kappa shape index (κ1) is 21.2. The maximum Gasteiger partial charge on any atom is 0.321 e. The van der Waals surface area contributed by atoms with Gasteiger partial charge in [0.1, 0.15) is 5.75 Å². The van der Waals surface area contributed by atoms with E-state index in [4.69, 9.17) is 4.74 Å². The second kappa shape index (κ2) is 9.43. The molecule has 5 heteroatoms. The van der Waals surface area contributed by atoms with E-state index in [-0.39, 0.29) is 11.9 Å². The van der Waals surface area contributed by atoms with Gasteiger partial charge in [0.15, 0.2) is 0 Å². The molecule has 1 amide bonds. The summed E-state index contributed by atoms with van der Waals surface area (Å²) < 4.78 is 5.73. The molecule has 1 heterocycles. The number of nitrogens with zero attached hydrogens (tertiary/aromatic N) is 2. The first-order valence-corrected chi connectivity index (χ1v) is 10.6. The molecule has 32 heavy (non-hydrogen) atoms. The van der Waals surface area contributed by atoms with E-state index in [1.165, 1.54) is 5.56 Å². The van der Waals surface area contributed by atoms with Gasteiger partial charge in [-0.05, 0) is 65.9 Å². The Labute approximate surface area is 188 Å². The number of aromatic nitrogens is 2. The van der Waals surface area contributed by atoms with Crippen LogP contribution in [0.4, 0.5) is 5.69 Å². The molecular formula is C27H25N3O2. The molecular weight excluding hydrogens is 398 g/mol. The highest BCUT2D eigenvalue weighted by molar-refractivity contribution is 6.04. The Balaban J connectivity index is 1.39. The van der Waals surface area contributed by atoms with Gasteiger partial charge in [0.25, 0.3) is 5.91 Å². The molecule has 0 atom stereocenters. The highest BCUT2D eigenvalue weighted by atomic mass is 16.5. The normalized spacial score (nSPS) is 10.8. The van der Waals surface area contributed by atoms with E-state index < -0.39 is 0 Å². The van der Waals surface area contributed by atoms with Crippen LogP contribution in [-0.4, -0.2) is 15.9 Å². The first-order valence-electron chi connectivity index (χ1n) is 10.6. The van der Waals surface area contributed by atoms with Gasteiger partial charge >= 0.3 is 6.01 Å². The summed E-state index contributed by atoms with van der Waals surface area (Å²) in [5, 5.41) is 2.92. The molecule has 160 valence electrons. The summed E-state index contributed by atoms with van der Waals surface area (Å²) in [6.07, 6.45) is 3.49. The van der Waals surface area contributed by atoms with Gasteiger partial charge in [-0.2, -0.15) is 0 Å². The molecule has 1 N–H and O–H groups in total. The lowest BCUT2D eigenvalue weighted by atomic mass is 10.0. The third-order valence-corrected chi connectivity index (χ3v) is 5.25. The van der Waals surface area contributed by atoms with Crippen molar-refractivity contribution >= 4 is 11.6 Å². The molecule has 5 nitrogen and oxygen atoms in total. The summed E-state index contributed by atoms with van der Waals surface area (Å²) in [7, 11) is 0. The number of aryl methyl sites for hydroxylation is 1. The van der Waals surface area contributed by atoms with Crippen LogP contribution in [0.15, 0.2) is 85.2 Å². The number of benzene rings is 3. The number of nitrogens with one attached hydrogen (secondary N) is 1. The molecule has 4 rings (SSSR count). The van der Waals surface area contributed by atoms with E-state index in [1.54, 1.807) is 36.7 Å². The summed E-state index contributed by atoms with van der Waals surface area (Å²) in [6.45, 7) is 6.33. The topological polar surface area (TPSA) is 64.1 Å². The minimum Gasteiger partial charge on any atom is -0.424 e. The Bertz CT molecular complexity index is 1200. The number of hydrogen-bond acceptors (Lipinski definition) is 4. The Morgan fingerprint density at radius 1 is 0.875 bits per heavy atom. The van der Waals surface area contributed by atoms with Crippen molar-refractivity contribution in [1.29, 1.82) is 0 Å². The molecule has 1 aromatic heterocycles. The summed E-state index contributed by atoms with van der Waals surface area (Å²) >= 11 is 0. The molecule has 0 bridgehead atoms. The molecule has 0 aliphatic rings. The van der Waals surface area contributed by atoms with Crippen molar-refractivity contribution in [3.8, 4) is 22.9 Å². The minimum atomic E-state index is -0.173. The van der Waals surface area contributed by atoms with E-state index in [1.807, 2.05) is 42.5 Å². The lowest BCUT2D eigenvalue weighted by molar-refractivity contribution is 0.102. The van der Waals surface area contributed by atoms with Gasteiger partial charge in [-0.3, -0.25) is 4.79 Å². The van der Waals surface area contributed by atoms with Crippen molar-refractivity contribution in [2.75, 3.05) is 5.32 Å². The van der Waals surface area contributed by atoms with Gasteiger partial charge in [-0.15, -0.1) is 0 Å². The first-order chi connectivity index (χ1) is 15.5. The quantitative estimate of drug-likeness (QED) is 0.378. The Morgan fingerprint density at radius 3 is 2.16 bits per heavy atom. The third-order valence-electron chi connectivity index (χ3n) is 5.25. The number of anilines is 1. The predicted molar refractivity (Wildman–Crippen MR) is 127 cm³/mol. The Morgan fingerprint density at radius 2 is 1.53 bits per heavy atom. The van der Waals surface area contributed by atoms with Crippen molar-refractivity contribution in [3.63, 3.8) is 0 Å². The summed E-state index contributed by atoms with van der Waals surface area (Å²) in [5.41, 5.74) is 5.73. The van der Waals surface area contributed by atoms with E-state index in [0.717, 1.165) is 22.4 Å². The monoisotopic (exact) mass is 423 g/mol. The smallest absolute Gasteiger partial charge is 0.321 e. The number of hydrogen-bond donors (Lipinski definition) is 1. The fourth-order valence-electron chi connectivity index (χ4n) is 3.34. The number of amides is 1. The van der Waals surface area contributed by atoms with Gasteiger partial charge in [0, 0.05) is 29.2 Å². The molecule has 0 radical (unpaired) electrons. The van der Waals surface area contributed by atoms with Crippen LogP contribution < -0.4 is 10.1 Å². The molecule has 4 aromatic rings. The fourth-order valence-corrected chi connectivity index (χ4v) is 3.34. The number of carbonyl (C=O) groups is 1. The van der Waals surface area contributed by atoms with E-state index >= 15 is 0 Å². The third kappa shape index (κ3) is 5.01. The highest BCUT2D eigenvalue weighted by Crippen LogP contribution is 2.24. The van der Waals surface area contributed by atoms with E-state index in [0.29, 0.717) is 17.2 Å². The fraction of sp³-hybridized carbons (Fsp3) is 0.148. The molecule has 3 aromatic carbocycles. The lowest BCUT2D eigenvalue weighted by Crippen LogP contribution is -2.11. The van der Waals surface area contributed by atoms with Gasteiger partial charge < -0.3 is 10.1 Å². The summed E-state index contributed by atoms with van der Waals surface area (Å²) in [6, 6.07) is 23.1. The summed E-state index contributed by atoms with van der Waals surface area (Å²) in [4.78, 5) is 21.1. The van der Waals surface area contributed by atoms with Crippen LogP contribution in [0.1, 0.15) is 41.3 Å². The van der Waals surface area contributed by atoms with E-state index in [9.17, 15) is 4.79 Å². The van der Waals surface area contributed by atoms with Gasteiger partial charge in [0.2, 0.25) is 0 Å². The minimum absolute atomic E-state index is 0.173. The second-order valence-corrected chi connectivity index (χ2v) is 7.93. The molecule has 0 spiro atoms. The van der Waals surface area contributed by atoms with Gasteiger partial charge in [0.05, 0.1) is 0 Å². The average Bonchev–Trinajstić information content (AvgIpc) is 2.81. The zero-order chi connectivity index (χ0) is 22.5. The molecule has 0 saturated heterocycles. The van der Waals surface area contributed by atoms with Crippen molar-refractivity contribution in [2.45, 2.75) is 26.7 Å². The average molecular weight is 424 g/mol. The van der Waals surface area contributed by atoms with Crippen LogP contribution in [-0.2, 0) is 0 Å². The zero-order valence-electron chi connectivity index (χ0n) is 18.4. The largest absolute Gasteiger partial charge is 0.424 e. The molecule has 0 saturated carbocycles. The Kier molecular flexibility index (Phi) is 6.26. The highest BCUT2D eigenvalue weighted by Gasteiger charge is 2.09. The molecule has 0 aliphatic carbocycles. The maximum atomic E-state index is 12.5. The zero-order valence-corrected chi connectivity index (χ0v) is 18.4. The van der Waals surface area contributed by atoms with Crippen LogP contribution in [0, 0.1) is 6.92 Å². The van der Waals surface area contributed by atoms with Crippen molar-refractivity contribution < 1.29 is 9.53 Å². The number of carbonyl (C=O) groups excluding carboxylic acids is 1. The maximum absolute atomic E-state index is 12.5. The van der Waals surface area contributed by atoms with Crippen LogP contribution >= 0.6 is 0 Å². The van der Waals surface area contributed by atoms with Gasteiger partial charge in [-0.1, -0.05) is 50.2 Å². The van der Waals surface area contributed by atoms with Gasteiger partial charge in [-0.25, -0.2) is 9.97 Å². The SMILES string of the molecule is Cc1ccccc1-c1cnc(Oc2ccc(C(=O)Nc3ccc(C(C)C)cc3)cc2)nc1. The van der Waals surface area contributed by atoms with Crippen molar-refractivity contribution in [2.24, 2.45) is 0 Å². The van der Waals surface area contributed by atoms with Crippen molar-refractivity contribution in [1.82, 2.24) is 9.97 Å². The van der Waals surface area contributed by atoms with Crippen LogP contribution in [0.25, 0.3) is 11.1 Å². The summed E-state index contributed by atoms with van der Waals surface area (Å²) in [5.74, 6) is 0.842. The second-order valence-electron chi connectivity index (χ2n) is 7.93. The van der Waals surface area contributed by atoms with Crippen LogP contribution in [0.5, 0.6) is 11.8 Å². The Hall–Kier alpha value is -3.99. The lowest BCUT2D eigenvalue weighted by Gasteiger charge is -2.09. The molecule has 0 aliphatic heterocycles. The predicted octanol–water partition coefficient (Wildman–Crippen LogP) is 6.62. The van der Waals surface area contributed by atoms with Crippen LogP contribution in [0.2, 0.25) is 0 Å². The molecule has 0 fully saturated rings. The molecule has 0 unspecified atom stereocenters. The van der Waals surface area contributed by atoms with E-state index in [2.05, 4.69) is 42.1 Å².